The third kappa shape index (κ3) is 3.97. The SMILES string of the molecule is CONC(=O)c1ccc(SN2C=C(Nc3cc(C4CC4)[nH]n3)[NH+]3C=CN=C3C2)cc1. The van der Waals surface area contributed by atoms with Gasteiger partial charge in [-0.15, -0.1) is 0 Å². The van der Waals surface area contributed by atoms with Gasteiger partial charge in [-0.25, -0.2) is 15.4 Å². The number of nitrogens with zero attached hydrogens (tertiary/aromatic N) is 3. The molecular formula is C20H22N7O2S+. The molecular weight excluding hydrogens is 402 g/mol. The third-order valence-corrected chi connectivity index (χ3v) is 6.01. The Bertz CT molecular complexity index is 1040. The molecule has 3 heterocycles. The summed E-state index contributed by atoms with van der Waals surface area (Å²) in [4.78, 5) is 23.1. The number of H-pyrrole nitrogens is 1. The fourth-order valence-electron chi connectivity index (χ4n) is 3.40. The van der Waals surface area contributed by atoms with E-state index in [-0.39, 0.29) is 5.91 Å². The van der Waals surface area contributed by atoms with Gasteiger partial charge in [-0.1, -0.05) is 0 Å². The van der Waals surface area contributed by atoms with Crippen molar-refractivity contribution in [2.45, 2.75) is 23.7 Å². The second-order valence-corrected chi connectivity index (χ2v) is 8.40. The predicted octanol–water partition coefficient (Wildman–Crippen LogP) is 1.58. The van der Waals surface area contributed by atoms with Gasteiger partial charge >= 0.3 is 0 Å². The van der Waals surface area contributed by atoms with Crippen molar-refractivity contribution < 1.29 is 14.5 Å². The van der Waals surface area contributed by atoms with Crippen LogP contribution < -0.4 is 15.7 Å². The lowest BCUT2D eigenvalue weighted by molar-refractivity contribution is -0.699. The van der Waals surface area contributed by atoms with Crippen LogP contribution in [0.25, 0.3) is 0 Å². The Balaban J connectivity index is 1.31. The van der Waals surface area contributed by atoms with Crippen molar-refractivity contribution in [3.05, 3.63) is 66.0 Å². The summed E-state index contributed by atoms with van der Waals surface area (Å²) in [6, 6.07) is 9.47. The molecule has 1 fully saturated rings. The Hall–Kier alpha value is -3.08. The molecule has 3 aliphatic rings. The van der Waals surface area contributed by atoms with Crippen molar-refractivity contribution in [1.29, 1.82) is 0 Å². The van der Waals surface area contributed by atoms with Gasteiger partial charge in [0.05, 0.1) is 19.5 Å². The number of hydrogen-bond acceptors (Lipinski definition) is 7. The van der Waals surface area contributed by atoms with E-state index in [4.69, 9.17) is 0 Å². The first-order valence-electron chi connectivity index (χ1n) is 9.72. The molecule has 1 aliphatic carbocycles. The van der Waals surface area contributed by atoms with Gasteiger partial charge < -0.3 is 0 Å². The molecule has 0 spiro atoms. The molecule has 5 rings (SSSR count). The van der Waals surface area contributed by atoms with E-state index < -0.39 is 0 Å². The molecule has 1 saturated carbocycles. The number of aromatic amines is 1. The number of aliphatic imine (C=N–C) groups is 1. The number of nitrogens with one attached hydrogen (secondary N) is 4. The minimum Gasteiger partial charge on any atom is -0.300 e. The minimum absolute atomic E-state index is 0.270. The Kier molecular flexibility index (Phi) is 5.03. The summed E-state index contributed by atoms with van der Waals surface area (Å²) in [5.74, 6) is 3.16. The van der Waals surface area contributed by atoms with Crippen molar-refractivity contribution in [2.24, 2.45) is 4.99 Å². The summed E-state index contributed by atoms with van der Waals surface area (Å²) in [5.41, 5.74) is 4.06. The lowest BCUT2D eigenvalue weighted by atomic mass is 10.2. The maximum absolute atomic E-state index is 11.8. The predicted molar refractivity (Wildman–Crippen MR) is 113 cm³/mol. The van der Waals surface area contributed by atoms with E-state index in [0.29, 0.717) is 18.0 Å². The van der Waals surface area contributed by atoms with E-state index in [0.717, 1.165) is 27.3 Å². The molecule has 1 aromatic carbocycles. The fraction of sp³-hybridized carbons (Fsp3) is 0.250. The number of carbonyl (C=O) groups is 1. The maximum Gasteiger partial charge on any atom is 0.274 e. The highest BCUT2D eigenvalue weighted by atomic mass is 32.2. The van der Waals surface area contributed by atoms with Crippen LogP contribution in [0, 0.1) is 0 Å². The monoisotopic (exact) mass is 424 g/mol. The zero-order valence-corrected chi connectivity index (χ0v) is 17.2. The minimum atomic E-state index is -0.270. The Morgan fingerprint density at radius 2 is 2.17 bits per heavy atom. The van der Waals surface area contributed by atoms with Crippen LogP contribution in [0.1, 0.15) is 34.8 Å². The molecule has 1 amide bonds. The second-order valence-electron chi connectivity index (χ2n) is 7.28. The number of aromatic nitrogens is 2. The van der Waals surface area contributed by atoms with Crippen molar-refractivity contribution in [3.8, 4) is 0 Å². The van der Waals surface area contributed by atoms with Crippen LogP contribution in [-0.2, 0) is 4.84 Å². The van der Waals surface area contributed by atoms with Gasteiger partial charge in [0.15, 0.2) is 5.82 Å². The maximum atomic E-state index is 11.8. The number of quaternary nitrogens is 1. The number of amides is 1. The summed E-state index contributed by atoms with van der Waals surface area (Å²) in [6.07, 6.45) is 8.40. The van der Waals surface area contributed by atoms with Gasteiger partial charge in [0.25, 0.3) is 5.91 Å². The van der Waals surface area contributed by atoms with E-state index in [1.807, 2.05) is 24.5 Å². The summed E-state index contributed by atoms with van der Waals surface area (Å²) >= 11 is 1.59. The molecule has 154 valence electrons. The summed E-state index contributed by atoms with van der Waals surface area (Å²) in [6.45, 7) is 0.692. The molecule has 4 N–H and O–H groups in total. The first-order valence-corrected chi connectivity index (χ1v) is 10.5. The summed E-state index contributed by atoms with van der Waals surface area (Å²) in [7, 11) is 1.41. The molecule has 1 atom stereocenters. The number of hydrogen-bond donors (Lipinski definition) is 4. The van der Waals surface area contributed by atoms with Crippen LogP contribution >= 0.6 is 11.9 Å². The number of hydroxylamine groups is 1. The number of carbonyl (C=O) groups excluding carboxylic acids is 1. The summed E-state index contributed by atoms with van der Waals surface area (Å²) in [5, 5.41) is 11.0. The third-order valence-electron chi connectivity index (χ3n) is 5.06. The number of amidine groups is 1. The van der Waals surface area contributed by atoms with Crippen LogP contribution in [0.4, 0.5) is 5.82 Å². The van der Waals surface area contributed by atoms with Crippen LogP contribution in [0.2, 0.25) is 0 Å². The average Bonchev–Trinajstić information content (AvgIpc) is 3.30. The lowest BCUT2D eigenvalue weighted by Gasteiger charge is -2.27. The van der Waals surface area contributed by atoms with E-state index >= 15 is 0 Å². The van der Waals surface area contributed by atoms with Crippen LogP contribution in [-0.4, -0.2) is 39.9 Å². The van der Waals surface area contributed by atoms with Crippen LogP contribution in [0.5, 0.6) is 0 Å². The fourth-order valence-corrected chi connectivity index (χ4v) is 4.27. The van der Waals surface area contributed by atoms with E-state index in [1.54, 1.807) is 24.1 Å². The molecule has 1 unspecified atom stereocenters. The largest absolute Gasteiger partial charge is 0.300 e. The molecule has 9 nitrogen and oxygen atoms in total. The summed E-state index contributed by atoms with van der Waals surface area (Å²) < 4.78 is 2.12. The molecule has 30 heavy (non-hydrogen) atoms. The van der Waals surface area contributed by atoms with Gasteiger partial charge in [-0.2, -0.15) is 5.10 Å². The van der Waals surface area contributed by atoms with Crippen molar-refractivity contribution >= 4 is 29.5 Å². The molecule has 2 aliphatic heterocycles. The molecule has 10 heteroatoms. The standard InChI is InChI=1S/C20H21N7O2S/c1-29-25-20(28)14-4-6-15(7-5-14)30-26-11-18-21-8-9-27(18)19(12-26)22-17-10-16(23-24-17)13-2-3-13/h4-10,12-13H,2-3,11H2,1H3,(H,25,28)(H2,22,23,24)/p+1. The van der Waals surface area contributed by atoms with E-state index in [9.17, 15) is 4.79 Å². The van der Waals surface area contributed by atoms with Crippen LogP contribution in [0.15, 0.2) is 64.6 Å². The van der Waals surface area contributed by atoms with Crippen molar-refractivity contribution in [1.82, 2.24) is 20.0 Å². The number of rotatable bonds is 7. The highest BCUT2D eigenvalue weighted by Crippen LogP contribution is 2.39. The molecule has 0 radical (unpaired) electrons. The Morgan fingerprint density at radius 3 is 2.93 bits per heavy atom. The first-order chi connectivity index (χ1) is 14.7. The molecule has 0 saturated heterocycles. The van der Waals surface area contributed by atoms with Crippen molar-refractivity contribution in [3.63, 3.8) is 0 Å². The smallest absolute Gasteiger partial charge is 0.274 e. The normalized spacial score (nSPS) is 19.9. The second kappa shape index (κ2) is 7.98. The van der Waals surface area contributed by atoms with Crippen LogP contribution in [0.3, 0.4) is 0 Å². The molecule has 1 aromatic heterocycles. The quantitative estimate of drug-likeness (QED) is 0.398. The first kappa shape index (κ1) is 18.9. The topological polar surface area (TPSA) is 99.1 Å². The highest BCUT2D eigenvalue weighted by Gasteiger charge is 2.32. The number of anilines is 1. The van der Waals surface area contributed by atoms with E-state index in [1.165, 1.54) is 25.6 Å². The zero-order valence-electron chi connectivity index (χ0n) is 16.4. The van der Waals surface area contributed by atoms with Gasteiger partial charge in [0.2, 0.25) is 11.7 Å². The van der Waals surface area contributed by atoms with Gasteiger partial charge in [-0.05, 0) is 49.1 Å². The molecule has 2 aromatic rings. The van der Waals surface area contributed by atoms with Crippen molar-refractivity contribution in [2.75, 3.05) is 19.0 Å². The number of fused-ring (bicyclic) bond motifs is 1. The number of benzene rings is 1. The highest BCUT2D eigenvalue weighted by molar-refractivity contribution is 7.97. The van der Waals surface area contributed by atoms with Gasteiger partial charge in [-0.3, -0.25) is 24.4 Å². The van der Waals surface area contributed by atoms with Gasteiger partial charge in [0, 0.05) is 28.1 Å². The average molecular weight is 425 g/mol. The Morgan fingerprint density at radius 1 is 1.33 bits per heavy atom. The van der Waals surface area contributed by atoms with E-state index in [2.05, 4.69) is 47.4 Å². The Labute approximate surface area is 178 Å². The molecule has 0 bridgehead atoms. The van der Waals surface area contributed by atoms with Gasteiger partial charge in [0.1, 0.15) is 12.7 Å². The zero-order chi connectivity index (χ0) is 20.5. The lowest BCUT2D eigenvalue weighted by Crippen LogP contribution is -3.10.